The van der Waals surface area contributed by atoms with E-state index >= 15 is 0 Å². The van der Waals surface area contributed by atoms with Crippen molar-refractivity contribution in [3.05, 3.63) is 76.1 Å². The highest BCUT2D eigenvalue weighted by atomic mass is 16.5. The first kappa shape index (κ1) is 18.5. The lowest BCUT2D eigenvalue weighted by Crippen LogP contribution is -2.30. The van der Waals surface area contributed by atoms with Crippen LogP contribution in [0.2, 0.25) is 0 Å². The molecule has 1 unspecified atom stereocenters. The molecule has 2 aliphatic heterocycles. The highest BCUT2D eigenvalue weighted by Crippen LogP contribution is 2.38. The number of ether oxygens (including phenoxy) is 1. The zero-order valence-corrected chi connectivity index (χ0v) is 16.9. The highest BCUT2D eigenvalue weighted by Gasteiger charge is 2.34. The third kappa shape index (κ3) is 3.16. The molecule has 0 saturated heterocycles. The van der Waals surface area contributed by atoms with Gasteiger partial charge in [-0.25, -0.2) is 4.98 Å². The third-order valence-electron chi connectivity index (χ3n) is 5.61. The zero-order valence-electron chi connectivity index (χ0n) is 16.9. The predicted molar refractivity (Wildman–Crippen MR) is 111 cm³/mol. The molecule has 1 N–H and O–H groups in total. The number of hydrogen-bond donors (Lipinski definition) is 1. The summed E-state index contributed by atoms with van der Waals surface area (Å²) < 4.78 is 7.67. The van der Waals surface area contributed by atoms with Crippen LogP contribution in [-0.2, 0) is 13.0 Å². The minimum Gasteiger partial charge on any atom is -0.486 e. The first-order chi connectivity index (χ1) is 14.4. The highest BCUT2D eigenvalue weighted by molar-refractivity contribution is 5.97. The second kappa shape index (κ2) is 6.79. The van der Waals surface area contributed by atoms with Gasteiger partial charge in [-0.1, -0.05) is 12.1 Å². The van der Waals surface area contributed by atoms with E-state index in [4.69, 9.17) is 9.72 Å². The first-order valence-corrected chi connectivity index (χ1v) is 10.1. The Hall–Kier alpha value is -3.48. The van der Waals surface area contributed by atoms with E-state index in [9.17, 15) is 9.59 Å². The summed E-state index contributed by atoms with van der Waals surface area (Å²) in [4.78, 5) is 34.4. The number of benzene rings is 1. The van der Waals surface area contributed by atoms with Crippen LogP contribution < -0.4 is 15.6 Å². The molecule has 0 aliphatic carbocycles. The van der Waals surface area contributed by atoms with Gasteiger partial charge in [0.25, 0.3) is 11.5 Å². The SMILES string of the molecule is CC1(C)Cc2cccc(C(=O)NC3CCn4c3nc(-c3ccncc3)cc4=O)c2O1. The maximum Gasteiger partial charge on any atom is 0.255 e. The minimum atomic E-state index is -0.336. The average Bonchev–Trinajstić information content (AvgIpc) is 3.27. The van der Waals surface area contributed by atoms with Crippen molar-refractivity contribution < 1.29 is 9.53 Å². The van der Waals surface area contributed by atoms with Crippen LogP contribution in [0.25, 0.3) is 11.3 Å². The van der Waals surface area contributed by atoms with E-state index in [1.807, 2.05) is 38.1 Å². The van der Waals surface area contributed by atoms with Crippen molar-refractivity contribution in [1.82, 2.24) is 19.9 Å². The van der Waals surface area contributed by atoms with Gasteiger partial charge in [0.2, 0.25) is 0 Å². The summed E-state index contributed by atoms with van der Waals surface area (Å²) in [6.07, 6.45) is 4.72. The first-order valence-electron chi connectivity index (χ1n) is 10.1. The number of rotatable bonds is 3. The molecule has 2 aliphatic rings. The Kier molecular flexibility index (Phi) is 4.20. The Balaban J connectivity index is 1.46. The number of pyridine rings is 1. The van der Waals surface area contributed by atoms with Crippen LogP contribution in [0.15, 0.2) is 53.6 Å². The molecule has 0 saturated carbocycles. The molecule has 2 aromatic heterocycles. The van der Waals surface area contributed by atoms with Crippen molar-refractivity contribution in [3.63, 3.8) is 0 Å². The van der Waals surface area contributed by atoms with E-state index in [0.717, 1.165) is 17.5 Å². The predicted octanol–water partition coefficient (Wildman–Crippen LogP) is 2.89. The van der Waals surface area contributed by atoms with Gasteiger partial charge in [0, 0.05) is 37.0 Å². The van der Waals surface area contributed by atoms with Crippen LogP contribution >= 0.6 is 0 Å². The Labute approximate surface area is 173 Å². The molecule has 0 spiro atoms. The van der Waals surface area contributed by atoms with E-state index in [-0.39, 0.29) is 23.1 Å². The van der Waals surface area contributed by atoms with E-state index in [0.29, 0.717) is 35.8 Å². The topological polar surface area (TPSA) is 86.1 Å². The van der Waals surface area contributed by atoms with Crippen LogP contribution in [0.1, 0.15) is 48.1 Å². The van der Waals surface area contributed by atoms with Gasteiger partial charge >= 0.3 is 0 Å². The van der Waals surface area contributed by atoms with Crippen LogP contribution in [0.5, 0.6) is 5.75 Å². The molecule has 1 aromatic carbocycles. The molecule has 0 bridgehead atoms. The van der Waals surface area contributed by atoms with Gasteiger partial charge in [-0.2, -0.15) is 0 Å². The van der Waals surface area contributed by atoms with Gasteiger partial charge in [0.15, 0.2) is 0 Å². The van der Waals surface area contributed by atoms with E-state index in [1.165, 1.54) is 6.07 Å². The fourth-order valence-electron chi connectivity index (χ4n) is 4.24. The normalized spacial score (nSPS) is 18.4. The fraction of sp³-hybridized carbons (Fsp3) is 0.304. The van der Waals surface area contributed by atoms with Crippen molar-refractivity contribution in [2.75, 3.05) is 0 Å². The van der Waals surface area contributed by atoms with Crippen LogP contribution in [0.3, 0.4) is 0 Å². The standard InChI is InChI=1S/C23H22N4O3/c1-23(2)13-15-4-3-5-16(20(15)30-23)22(29)26-17-8-11-27-19(28)12-18(25-21(17)27)14-6-9-24-10-7-14/h3-7,9-10,12,17H,8,11,13H2,1-2H3,(H,26,29). The molecule has 7 heteroatoms. The van der Waals surface area contributed by atoms with Gasteiger partial charge in [-0.15, -0.1) is 0 Å². The summed E-state index contributed by atoms with van der Waals surface area (Å²) >= 11 is 0. The third-order valence-corrected chi connectivity index (χ3v) is 5.61. The number of para-hydroxylation sites is 1. The maximum absolute atomic E-state index is 13.1. The van der Waals surface area contributed by atoms with Gasteiger partial charge in [0.05, 0.1) is 17.3 Å². The number of amides is 1. The number of aromatic nitrogens is 3. The lowest BCUT2D eigenvalue weighted by atomic mass is 10.0. The number of hydrogen-bond acceptors (Lipinski definition) is 5. The van der Waals surface area contributed by atoms with Gasteiger partial charge in [-0.3, -0.25) is 19.1 Å². The zero-order chi connectivity index (χ0) is 20.9. The van der Waals surface area contributed by atoms with E-state index in [2.05, 4.69) is 10.3 Å². The lowest BCUT2D eigenvalue weighted by Gasteiger charge is -2.19. The number of carbonyl (C=O) groups excluding carboxylic acids is 1. The van der Waals surface area contributed by atoms with Crippen molar-refractivity contribution >= 4 is 5.91 Å². The molecule has 1 atom stereocenters. The van der Waals surface area contributed by atoms with E-state index < -0.39 is 0 Å². The number of carbonyl (C=O) groups is 1. The van der Waals surface area contributed by atoms with E-state index in [1.54, 1.807) is 23.0 Å². The van der Waals surface area contributed by atoms with Crippen molar-refractivity contribution in [3.8, 4) is 17.0 Å². The van der Waals surface area contributed by atoms with Crippen molar-refractivity contribution in [1.29, 1.82) is 0 Å². The number of nitrogens with one attached hydrogen (secondary N) is 1. The average molecular weight is 402 g/mol. The Bertz CT molecular complexity index is 1200. The Morgan fingerprint density at radius 2 is 2.03 bits per heavy atom. The molecular weight excluding hydrogens is 380 g/mol. The Morgan fingerprint density at radius 3 is 2.83 bits per heavy atom. The Morgan fingerprint density at radius 1 is 1.23 bits per heavy atom. The molecule has 0 fully saturated rings. The van der Waals surface area contributed by atoms with Crippen LogP contribution in [0, 0.1) is 0 Å². The molecule has 1 amide bonds. The summed E-state index contributed by atoms with van der Waals surface area (Å²) in [5.74, 6) is 1.01. The summed E-state index contributed by atoms with van der Waals surface area (Å²) in [6.45, 7) is 4.55. The molecule has 5 rings (SSSR count). The smallest absolute Gasteiger partial charge is 0.255 e. The summed E-state index contributed by atoms with van der Waals surface area (Å²) in [5.41, 5.74) is 2.51. The summed E-state index contributed by atoms with van der Waals surface area (Å²) in [5, 5.41) is 3.06. The molecule has 0 radical (unpaired) electrons. The monoisotopic (exact) mass is 402 g/mol. The molecule has 4 heterocycles. The second-order valence-electron chi connectivity index (χ2n) is 8.37. The maximum atomic E-state index is 13.1. The van der Waals surface area contributed by atoms with Gasteiger partial charge < -0.3 is 10.1 Å². The minimum absolute atomic E-state index is 0.116. The molecular formula is C23H22N4O3. The fourth-order valence-corrected chi connectivity index (χ4v) is 4.24. The van der Waals surface area contributed by atoms with Crippen LogP contribution in [-0.4, -0.2) is 26.0 Å². The quantitative estimate of drug-likeness (QED) is 0.728. The van der Waals surface area contributed by atoms with Crippen molar-refractivity contribution in [2.24, 2.45) is 0 Å². The number of nitrogens with zero attached hydrogens (tertiary/aromatic N) is 3. The molecule has 7 nitrogen and oxygen atoms in total. The largest absolute Gasteiger partial charge is 0.486 e. The number of fused-ring (bicyclic) bond motifs is 2. The molecule has 30 heavy (non-hydrogen) atoms. The summed E-state index contributed by atoms with van der Waals surface area (Å²) in [6, 6.07) is 10.5. The molecule has 152 valence electrons. The van der Waals surface area contributed by atoms with Gasteiger partial charge in [0.1, 0.15) is 17.2 Å². The second-order valence-corrected chi connectivity index (χ2v) is 8.37. The summed E-state index contributed by atoms with van der Waals surface area (Å²) in [7, 11) is 0. The lowest BCUT2D eigenvalue weighted by molar-refractivity contribution is 0.0922. The molecule has 3 aromatic rings. The van der Waals surface area contributed by atoms with Crippen LogP contribution in [0.4, 0.5) is 0 Å². The van der Waals surface area contributed by atoms with Crippen molar-refractivity contribution in [2.45, 2.75) is 44.9 Å². The van der Waals surface area contributed by atoms with Gasteiger partial charge in [-0.05, 0) is 44.0 Å².